The molecule has 1 aromatic carbocycles. The fourth-order valence-corrected chi connectivity index (χ4v) is 2.40. The molecule has 1 heterocycles. The Bertz CT molecular complexity index is 455. The molecule has 3 N–H and O–H groups in total. The van der Waals surface area contributed by atoms with E-state index in [4.69, 9.17) is 0 Å². The SMILES string of the molecule is O=C(O)C(Cc1ccccc1)NC(=O)[C@@H]1CCCCN1. The van der Waals surface area contributed by atoms with Crippen molar-refractivity contribution in [2.45, 2.75) is 37.8 Å². The summed E-state index contributed by atoms with van der Waals surface area (Å²) in [5.41, 5.74) is 0.900. The molecule has 5 heteroatoms. The maximum atomic E-state index is 12.1. The molecule has 1 unspecified atom stereocenters. The van der Waals surface area contributed by atoms with E-state index in [2.05, 4.69) is 10.6 Å². The Morgan fingerprint density at radius 1 is 1.30 bits per heavy atom. The summed E-state index contributed by atoms with van der Waals surface area (Å²) in [5.74, 6) is -1.22. The van der Waals surface area contributed by atoms with E-state index in [1.807, 2.05) is 30.3 Å². The van der Waals surface area contributed by atoms with Crippen LogP contribution in [0.5, 0.6) is 0 Å². The molecule has 2 rings (SSSR count). The first-order chi connectivity index (χ1) is 9.66. The normalized spacial score (nSPS) is 20.1. The number of benzene rings is 1. The van der Waals surface area contributed by atoms with E-state index in [0.717, 1.165) is 31.4 Å². The molecule has 1 aliphatic heterocycles. The van der Waals surface area contributed by atoms with Crippen LogP contribution in [0, 0.1) is 0 Å². The highest BCUT2D eigenvalue weighted by molar-refractivity contribution is 5.87. The molecule has 1 amide bonds. The quantitative estimate of drug-likeness (QED) is 0.748. The van der Waals surface area contributed by atoms with E-state index in [1.165, 1.54) is 0 Å². The summed E-state index contributed by atoms with van der Waals surface area (Å²) in [6.45, 7) is 0.814. The van der Waals surface area contributed by atoms with E-state index in [1.54, 1.807) is 0 Å². The number of piperidine rings is 1. The molecular formula is C15H20N2O3. The van der Waals surface area contributed by atoms with Gasteiger partial charge in [-0.2, -0.15) is 0 Å². The Hall–Kier alpha value is -1.88. The summed E-state index contributed by atoms with van der Waals surface area (Å²) in [6, 6.07) is 8.18. The number of carboxylic acids is 1. The third kappa shape index (κ3) is 4.06. The van der Waals surface area contributed by atoms with Gasteiger partial charge in [-0.15, -0.1) is 0 Å². The van der Waals surface area contributed by atoms with Crippen LogP contribution < -0.4 is 10.6 Å². The lowest BCUT2D eigenvalue weighted by molar-refractivity contribution is -0.142. The standard InChI is InChI=1S/C15H20N2O3/c18-14(12-8-4-5-9-16-12)17-13(15(19)20)10-11-6-2-1-3-7-11/h1-3,6-7,12-13,16H,4-5,8-10H2,(H,17,18)(H,19,20)/t12-,13?/m0/s1. The van der Waals surface area contributed by atoms with Crippen LogP contribution in [0.15, 0.2) is 30.3 Å². The number of rotatable bonds is 5. The van der Waals surface area contributed by atoms with Crippen LogP contribution in [0.2, 0.25) is 0 Å². The van der Waals surface area contributed by atoms with Gasteiger partial charge >= 0.3 is 5.97 Å². The topological polar surface area (TPSA) is 78.4 Å². The van der Waals surface area contributed by atoms with Crippen molar-refractivity contribution in [2.24, 2.45) is 0 Å². The lowest BCUT2D eigenvalue weighted by Gasteiger charge is -2.24. The van der Waals surface area contributed by atoms with E-state index >= 15 is 0 Å². The molecule has 20 heavy (non-hydrogen) atoms. The first-order valence-corrected chi connectivity index (χ1v) is 6.97. The van der Waals surface area contributed by atoms with Gasteiger partial charge in [-0.1, -0.05) is 36.8 Å². The molecule has 108 valence electrons. The summed E-state index contributed by atoms with van der Waals surface area (Å²) in [7, 11) is 0. The average Bonchev–Trinajstić information content (AvgIpc) is 2.48. The number of carbonyl (C=O) groups is 2. The number of aliphatic carboxylic acids is 1. The van der Waals surface area contributed by atoms with Gasteiger partial charge < -0.3 is 15.7 Å². The molecule has 0 aromatic heterocycles. The van der Waals surface area contributed by atoms with Crippen molar-refractivity contribution in [3.63, 3.8) is 0 Å². The summed E-state index contributed by atoms with van der Waals surface area (Å²) in [6.07, 6.45) is 3.13. The number of carboxylic acid groups (broad SMARTS) is 1. The van der Waals surface area contributed by atoms with Crippen LogP contribution in [0.1, 0.15) is 24.8 Å². The molecule has 0 saturated carbocycles. The Morgan fingerprint density at radius 2 is 2.05 bits per heavy atom. The van der Waals surface area contributed by atoms with Gasteiger partial charge in [0.15, 0.2) is 0 Å². The van der Waals surface area contributed by atoms with E-state index in [9.17, 15) is 14.7 Å². The summed E-state index contributed by atoms with van der Waals surface area (Å²) in [5, 5.41) is 15.0. The fourth-order valence-electron chi connectivity index (χ4n) is 2.40. The molecule has 0 radical (unpaired) electrons. The maximum absolute atomic E-state index is 12.1. The van der Waals surface area contributed by atoms with Crippen molar-refractivity contribution >= 4 is 11.9 Å². The third-order valence-corrected chi connectivity index (χ3v) is 3.52. The predicted molar refractivity (Wildman–Crippen MR) is 75.4 cm³/mol. The molecule has 1 aromatic rings. The summed E-state index contributed by atoms with van der Waals surface area (Å²) in [4.78, 5) is 23.4. The van der Waals surface area contributed by atoms with Gasteiger partial charge in [0.05, 0.1) is 6.04 Å². The second kappa shape index (κ2) is 7.05. The highest BCUT2D eigenvalue weighted by Crippen LogP contribution is 2.08. The van der Waals surface area contributed by atoms with Crippen LogP contribution in [-0.2, 0) is 16.0 Å². The van der Waals surface area contributed by atoms with Gasteiger partial charge in [-0.3, -0.25) is 4.79 Å². The Balaban J connectivity index is 1.95. The smallest absolute Gasteiger partial charge is 0.326 e. The van der Waals surface area contributed by atoms with Crippen LogP contribution >= 0.6 is 0 Å². The number of nitrogens with one attached hydrogen (secondary N) is 2. The Kier molecular flexibility index (Phi) is 5.12. The summed E-state index contributed by atoms with van der Waals surface area (Å²) < 4.78 is 0. The number of carbonyl (C=O) groups excluding carboxylic acids is 1. The molecular weight excluding hydrogens is 256 g/mol. The average molecular weight is 276 g/mol. The molecule has 0 spiro atoms. The highest BCUT2D eigenvalue weighted by atomic mass is 16.4. The van der Waals surface area contributed by atoms with Crippen molar-refractivity contribution in [1.29, 1.82) is 0 Å². The predicted octanol–water partition coefficient (Wildman–Crippen LogP) is 0.941. The van der Waals surface area contributed by atoms with Crippen molar-refractivity contribution < 1.29 is 14.7 Å². The fraction of sp³-hybridized carbons (Fsp3) is 0.467. The van der Waals surface area contributed by atoms with Gasteiger partial charge in [0.2, 0.25) is 5.91 Å². The minimum absolute atomic E-state index is 0.215. The monoisotopic (exact) mass is 276 g/mol. The highest BCUT2D eigenvalue weighted by Gasteiger charge is 2.26. The van der Waals surface area contributed by atoms with Crippen LogP contribution in [0.3, 0.4) is 0 Å². The number of hydrogen-bond acceptors (Lipinski definition) is 3. The first-order valence-electron chi connectivity index (χ1n) is 6.97. The van der Waals surface area contributed by atoms with Crippen LogP contribution in [0.25, 0.3) is 0 Å². The van der Waals surface area contributed by atoms with Crippen molar-refractivity contribution in [2.75, 3.05) is 6.54 Å². The molecule has 0 aliphatic carbocycles. The van der Waals surface area contributed by atoms with Gasteiger partial charge in [0.1, 0.15) is 6.04 Å². The lowest BCUT2D eigenvalue weighted by atomic mass is 10.0. The number of hydrogen-bond donors (Lipinski definition) is 3. The molecule has 1 fully saturated rings. The van der Waals surface area contributed by atoms with Gasteiger partial charge in [0, 0.05) is 6.42 Å². The zero-order valence-electron chi connectivity index (χ0n) is 11.3. The zero-order valence-corrected chi connectivity index (χ0v) is 11.3. The van der Waals surface area contributed by atoms with Gasteiger partial charge in [-0.25, -0.2) is 4.79 Å². The lowest BCUT2D eigenvalue weighted by Crippen LogP contribution is -2.52. The van der Waals surface area contributed by atoms with E-state index in [0.29, 0.717) is 6.42 Å². The van der Waals surface area contributed by atoms with E-state index in [-0.39, 0.29) is 11.9 Å². The zero-order chi connectivity index (χ0) is 14.4. The molecule has 1 saturated heterocycles. The molecule has 5 nitrogen and oxygen atoms in total. The van der Waals surface area contributed by atoms with Gasteiger partial charge in [0.25, 0.3) is 0 Å². The molecule has 0 bridgehead atoms. The minimum Gasteiger partial charge on any atom is -0.480 e. The van der Waals surface area contributed by atoms with Crippen molar-refractivity contribution in [3.8, 4) is 0 Å². The Labute approximate surface area is 118 Å². The van der Waals surface area contributed by atoms with Crippen LogP contribution in [0.4, 0.5) is 0 Å². The largest absolute Gasteiger partial charge is 0.480 e. The molecule has 2 atom stereocenters. The Morgan fingerprint density at radius 3 is 2.65 bits per heavy atom. The number of amides is 1. The second-order valence-electron chi connectivity index (χ2n) is 5.09. The summed E-state index contributed by atoms with van der Waals surface area (Å²) >= 11 is 0. The third-order valence-electron chi connectivity index (χ3n) is 3.52. The molecule has 1 aliphatic rings. The van der Waals surface area contributed by atoms with Crippen molar-refractivity contribution in [1.82, 2.24) is 10.6 Å². The van der Waals surface area contributed by atoms with Crippen molar-refractivity contribution in [3.05, 3.63) is 35.9 Å². The minimum atomic E-state index is -1.00. The van der Waals surface area contributed by atoms with Gasteiger partial charge in [-0.05, 0) is 24.9 Å². The van der Waals surface area contributed by atoms with Crippen LogP contribution in [-0.4, -0.2) is 35.6 Å². The second-order valence-corrected chi connectivity index (χ2v) is 5.09. The maximum Gasteiger partial charge on any atom is 0.326 e. The van der Waals surface area contributed by atoms with E-state index < -0.39 is 12.0 Å². The first kappa shape index (κ1) is 14.5.